The third-order valence-corrected chi connectivity index (χ3v) is 4.22. The van der Waals surface area contributed by atoms with Gasteiger partial charge in [-0.15, -0.1) is 0 Å². The van der Waals surface area contributed by atoms with Gasteiger partial charge in [0.25, 0.3) is 0 Å². The van der Waals surface area contributed by atoms with Crippen LogP contribution in [0.25, 0.3) is 10.9 Å². The molecule has 0 unspecified atom stereocenters. The molecule has 0 spiro atoms. The monoisotopic (exact) mass is 274 g/mol. The summed E-state index contributed by atoms with van der Waals surface area (Å²) in [5.74, 6) is 0.673. The van der Waals surface area contributed by atoms with Crippen molar-refractivity contribution in [1.82, 2.24) is 10.3 Å². The molecule has 21 heavy (non-hydrogen) atoms. The van der Waals surface area contributed by atoms with Crippen LogP contribution in [0.3, 0.4) is 0 Å². The summed E-state index contributed by atoms with van der Waals surface area (Å²) in [6.45, 7) is 0.846. The smallest absolute Gasteiger partial charge is 0.0705 e. The Hall–Kier alpha value is -2.19. The van der Waals surface area contributed by atoms with Crippen LogP contribution in [0.15, 0.2) is 66.7 Å². The lowest BCUT2D eigenvalue weighted by molar-refractivity contribution is 0.662. The zero-order valence-electron chi connectivity index (χ0n) is 11.9. The molecule has 0 saturated heterocycles. The molecule has 0 bridgehead atoms. The van der Waals surface area contributed by atoms with Gasteiger partial charge in [0, 0.05) is 23.9 Å². The summed E-state index contributed by atoms with van der Waals surface area (Å²) in [6.07, 6.45) is 1.23. The maximum atomic E-state index is 4.71. The Morgan fingerprint density at radius 2 is 1.71 bits per heavy atom. The van der Waals surface area contributed by atoms with Crippen molar-refractivity contribution in [3.63, 3.8) is 0 Å². The molecule has 1 N–H and O–H groups in total. The minimum atomic E-state index is 0.598. The predicted molar refractivity (Wildman–Crippen MR) is 86.2 cm³/mol. The van der Waals surface area contributed by atoms with Gasteiger partial charge in [-0.05, 0) is 24.1 Å². The van der Waals surface area contributed by atoms with Crippen molar-refractivity contribution in [1.29, 1.82) is 0 Å². The second kappa shape index (κ2) is 5.30. The fraction of sp³-hybridized carbons (Fsp3) is 0.211. The highest BCUT2D eigenvalue weighted by Gasteiger charge is 2.37. The van der Waals surface area contributed by atoms with Crippen LogP contribution >= 0.6 is 0 Å². The Labute approximate surface area is 124 Å². The van der Waals surface area contributed by atoms with E-state index in [0.29, 0.717) is 12.0 Å². The molecule has 2 heteroatoms. The lowest BCUT2D eigenvalue weighted by Gasteiger charge is -2.05. The first-order chi connectivity index (χ1) is 10.4. The molecule has 2 atom stereocenters. The summed E-state index contributed by atoms with van der Waals surface area (Å²) in [5, 5.41) is 4.83. The minimum absolute atomic E-state index is 0.598. The van der Waals surface area contributed by atoms with Gasteiger partial charge in [-0.25, -0.2) is 0 Å². The molecule has 0 amide bonds. The molecule has 2 nitrogen and oxygen atoms in total. The molecule has 1 aliphatic carbocycles. The predicted octanol–water partition coefficient (Wildman–Crippen LogP) is 3.88. The van der Waals surface area contributed by atoms with Gasteiger partial charge in [0.15, 0.2) is 0 Å². The van der Waals surface area contributed by atoms with E-state index in [1.165, 1.54) is 17.4 Å². The van der Waals surface area contributed by atoms with Crippen LogP contribution in [0.5, 0.6) is 0 Å². The molecule has 2 aromatic carbocycles. The van der Waals surface area contributed by atoms with Crippen LogP contribution in [0.4, 0.5) is 0 Å². The van der Waals surface area contributed by atoms with E-state index in [0.717, 1.165) is 17.8 Å². The van der Waals surface area contributed by atoms with Gasteiger partial charge in [0.05, 0.1) is 11.2 Å². The lowest BCUT2D eigenvalue weighted by Crippen LogP contribution is -2.18. The summed E-state index contributed by atoms with van der Waals surface area (Å²) >= 11 is 0. The summed E-state index contributed by atoms with van der Waals surface area (Å²) in [4.78, 5) is 4.71. The lowest BCUT2D eigenvalue weighted by atomic mass is 10.1. The average Bonchev–Trinajstić information content (AvgIpc) is 3.33. The summed E-state index contributed by atoms with van der Waals surface area (Å²) in [5.41, 5.74) is 3.64. The Morgan fingerprint density at radius 3 is 2.62 bits per heavy atom. The van der Waals surface area contributed by atoms with Gasteiger partial charge in [-0.2, -0.15) is 0 Å². The van der Waals surface area contributed by atoms with Gasteiger partial charge in [0.2, 0.25) is 0 Å². The van der Waals surface area contributed by atoms with E-state index >= 15 is 0 Å². The molecule has 0 radical (unpaired) electrons. The van der Waals surface area contributed by atoms with Gasteiger partial charge in [0.1, 0.15) is 0 Å². The first kappa shape index (κ1) is 12.5. The van der Waals surface area contributed by atoms with Gasteiger partial charge >= 0.3 is 0 Å². The Kier molecular flexibility index (Phi) is 3.17. The molecular weight excluding hydrogens is 256 g/mol. The Morgan fingerprint density at radius 1 is 0.905 bits per heavy atom. The molecule has 4 rings (SSSR count). The third-order valence-electron chi connectivity index (χ3n) is 4.22. The van der Waals surface area contributed by atoms with Crippen LogP contribution in [-0.2, 0) is 6.54 Å². The largest absolute Gasteiger partial charge is 0.308 e. The first-order valence-electron chi connectivity index (χ1n) is 7.53. The maximum Gasteiger partial charge on any atom is 0.0705 e. The molecular formula is C19H18N2. The standard InChI is InChI=1S/C19H18N2/c1-2-6-14(7-3-1)17-12-19(17)20-13-16-11-10-15-8-4-5-9-18(15)21-16/h1-11,17,19-20H,12-13H2/t17-,19+/m0/s1. The number of hydrogen-bond donors (Lipinski definition) is 1. The van der Waals surface area contributed by atoms with Crippen molar-refractivity contribution in [3.05, 3.63) is 78.0 Å². The normalized spacial score (nSPS) is 20.6. The number of para-hydroxylation sites is 1. The van der Waals surface area contributed by atoms with Crippen molar-refractivity contribution in [2.24, 2.45) is 0 Å². The number of pyridine rings is 1. The van der Waals surface area contributed by atoms with Crippen molar-refractivity contribution in [2.45, 2.75) is 24.9 Å². The van der Waals surface area contributed by atoms with Gasteiger partial charge in [-0.3, -0.25) is 4.98 Å². The van der Waals surface area contributed by atoms with Gasteiger partial charge < -0.3 is 5.32 Å². The number of aromatic nitrogens is 1. The van der Waals surface area contributed by atoms with Crippen molar-refractivity contribution in [2.75, 3.05) is 0 Å². The minimum Gasteiger partial charge on any atom is -0.308 e. The molecule has 1 aromatic heterocycles. The quantitative estimate of drug-likeness (QED) is 0.781. The number of rotatable bonds is 4. The van der Waals surface area contributed by atoms with E-state index in [4.69, 9.17) is 4.98 Å². The number of benzene rings is 2. The maximum absolute atomic E-state index is 4.71. The van der Waals surface area contributed by atoms with Crippen molar-refractivity contribution in [3.8, 4) is 0 Å². The number of fused-ring (bicyclic) bond motifs is 1. The third kappa shape index (κ3) is 2.67. The summed E-state index contributed by atoms with van der Waals surface area (Å²) in [6, 6.07) is 23.9. The fourth-order valence-electron chi connectivity index (χ4n) is 2.93. The number of nitrogens with zero attached hydrogens (tertiary/aromatic N) is 1. The molecule has 3 aromatic rings. The molecule has 1 heterocycles. The zero-order valence-corrected chi connectivity index (χ0v) is 11.9. The van der Waals surface area contributed by atoms with Crippen LogP contribution < -0.4 is 5.32 Å². The molecule has 1 fully saturated rings. The number of nitrogens with one attached hydrogen (secondary N) is 1. The van der Waals surface area contributed by atoms with Crippen LogP contribution in [0.1, 0.15) is 23.6 Å². The zero-order chi connectivity index (χ0) is 14.1. The molecule has 1 saturated carbocycles. The topological polar surface area (TPSA) is 24.9 Å². The highest BCUT2D eigenvalue weighted by Crippen LogP contribution is 2.40. The van der Waals surface area contributed by atoms with Crippen LogP contribution in [-0.4, -0.2) is 11.0 Å². The fourth-order valence-corrected chi connectivity index (χ4v) is 2.93. The van der Waals surface area contributed by atoms with E-state index in [-0.39, 0.29) is 0 Å². The van der Waals surface area contributed by atoms with Crippen molar-refractivity contribution >= 4 is 10.9 Å². The van der Waals surface area contributed by atoms with E-state index in [1.807, 2.05) is 6.07 Å². The highest BCUT2D eigenvalue weighted by atomic mass is 15.0. The van der Waals surface area contributed by atoms with E-state index < -0.39 is 0 Å². The van der Waals surface area contributed by atoms with Crippen LogP contribution in [0, 0.1) is 0 Å². The highest BCUT2D eigenvalue weighted by molar-refractivity contribution is 5.78. The second-order valence-corrected chi connectivity index (χ2v) is 5.74. The van der Waals surface area contributed by atoms with Crippen molar-refractivity contribution < 1.29 is 0 Å². The molecule has 104 valence electrons. The van der Waals surface area contributed by atoms with E-state index in [1.54, 1.807) is 0 Å². The summed E-state index contributed by atoms with van der Waals surface area (Å²) < 4.78 is 0. The number of hydrogen-bond acceptors (Lipinski definition) is 2. The van der Waals surface area contributed by atoms with Gasteiger partial charge in [-0.1, -0.05) is 54.6 Å². The van der Waals surface area contributed by atoms with E-state index in [9.17, 15) is 0 Å². The van der Waals surface area contributed by atoms with E-state index in [2.05, 4.69) is 66.0 Å². The Bertz CT molecular complexity index is 752. The average molecular weight is 274 g/mol. The van der Waals surface area contributed by atoms with Crippen LogP contribution in [0.2, 0.25) is 0 Å². The second-order valence-electron chi connectivity index (χ2n) is 5.74. The molecule has 0 aliphatic heterocycles. The SMILES string of the molecule is c1ccc([C@@H]2C[C@H]2NCc2ccc3ccccc3n2)cc1. The summed E-state index contributed by atoms with van der Waals surface area (Å²) in [7, 11) is 0. The first-order valence-corrected chi connectivity index (χ1v) is 7.53. The molecule has 1 aliphatic rings. The Balaban J connectivity index is 1.41.